The van der Waals surface area contributed by atoms with Crippen LogP contribution >= 0.6 is 0 Å². The highest BCUT2D eigenvalue weighted by Crippen LogP contribution is 2.39. The van der Waals surface area contributed by atoms with E-state index in [0.29, 0.717) is 31.2 Å². The summed E-state index contributed by atoms with van der Waals surface area (Å²) in [5.41, 5.74) is -0.477. The molecular formula is C18H28N2O8. The van der Waals surface area contributed by atoms with Crippen molar-refractivity contribution in [2.75, 3.05) is 33.8 Å². The molecule has 2 unspecified atom stereocenters. The number of carbonyl (C=O) groups excluding carboxylic acids is 2. The number of carbonyl (C=O) groups is 4. The first-order chi connectivity index (χ1) is 13.0. The van der Waals surface area contributed by atoms with Gasteiger partial charge in [0, 0.05) is 18.7 Å². The van der Waals surface area contributed by atoms with Crippen LogP contribution in [0.15, 0.2) is 12.2 Å². The smallest absolute Gasteiger partial charge is 0.420 e. The molecule has 1 saturated carbocycles. The Morgan fingerprint density at radius 1 is 1.29 bits per heavy atom. The van der Waals surface area contributed by atoms with Gasteiger partial charge in [-0.2, -0.15) is 0 Å². The van der Waals surface area contributed by atoms with Crippen LogP contribution in [0.5, 0.6) is 0 Å². The van der Waals surface area contributed by atoms with Gasteiger partial charge >= 0.3 is 24.1 Å². The van der Waals surface area contributed by atoms with E-state index in [0.717, 1.165) is 30.6 Å². The van der Waals surface area contributed by atoms with Gasteiger partial charge in [-0.3, -0.25) is 0 Å². The first-order valence-electron chi connectivity index (χ1n) is 9.00. The molecule has 0 bridgehead atoms. The van der Waals surface area contributed by atoms with E-state index in [2.05, 4.69) is 6.92 Å². The second kappa shape index (κ2) is 10.6. The lowest BCUT2D eigenvalue weighted by Gasteiger charge is -2.34. The minimum atomic E-state index is -1.26. The van der Waals surface area contributed by atoms with Crippen LogP contribution < -0.4 is 0 Å². The molecule has 10 heteroatoms. The van der Waals surface area contributed by atoms with Crippen LogP contribution in [0.1, 0.15) is 32.6 Å². The second-order valence-electron chi connectivity index (χ2n) is 7.27. The van der Waals surface area contributed by atoms with Gasteiger partial charge in [0.15, 0.2) is 0 Å². The number of carboxylic acids is 2. The van der Waals surface area contributed by atoms with E-state index in [1.54, 1.807) is 0 Å². The molecule has 2 aliphatic rings. The second-order valence-corrected chi connectivity index (χ2v) is 7.27. The minimum absolute atomic E-state index is 0.277. The predicted molar refractivity (Wildman–Crippen MR) is 97.9 cm³/mol. The Bertz CT molecular complexity index is 603. The van der Waals surface area contributed by atoms with Crippen molar-refractivity contribution in [1.82, 2.24) is 9.80 Å². The molecule has 1 spiro atoms. The summed E-state index contributed by atoms with van der Waals surface area (Å²) in [5, 5.41) is 15.6. The number of carboxylic acid groups (broad SMARTS) is 2. The Morgan fingerprint density at radius 3 is 2.39 bits per heavy atom. The highest BCUT2D eigenvalue weighted by atomic mass is 16.6. The summed E-state index contributed by atoms with van der Waals surface area (Å²) in [6.07, 6.45) is 3.83. The van der Waals surface area contributed by atoms with Gasteiger partial charge in [-0.05, 0) is 39.3 Å². The first kappa shape index (κ1) is 23.4. The van der Waals surface area contributed by atoms with E-state index in [4.69, 9.17) is 19.7 Å². The molecule has 1 aliphatic heterocycles. The fraction of sp³-hybridized carbons (Fsp3) is 0.667. The number of hydrogen-bond acceptors (Lipinski definition) is 7. The number of likely N-dealkylation sites (N-methyl/N-ethyl adjacent to an activating group) is 1. The summed E-state index contributed by atoms with van der Waals surface area (Å²) < 4.78 is 10.6. The zero-order valence-corrected chi connectivity index (χ0v) is 16.4. The zero-order valence-electron chi connectivity index (χ0n) is 16.4. The summed E-state index contributed by atoms with van der Waals surface area (Å²) in [5.74, 6) is -1.99. The van der Waals surface area contributed by atoms with Gasteiger partial charge in [-0.25, -0.2) is 24.1 Å². The van der Waals surface area contributed by atoms with Crippen LogP contribution in [0.2, 0.25) is 0 Å². The average Bonchev–Trinajstić information content (AvgIpc) is 2.88. The number of aliphatic carboxylic acids is 2. The molecule has 158 valence electrons. The van der Waals surface area contributed by atoms with Crippen LogP contribution in [0, 0.1) is 5.92 Å². The molecule has 0 aromatic rings. The van der Waals surface area contributed by atoms with Gasteiger partial charge in [0.05, 0.1) is 6.54 Å². The van der Waals surface area contributed by atoms with Crippen LogP contribution in [-0.2, 0) is 19.1 Å². The molecule has 2 rings (SSSR count). The standard InChI is InChI=1S/C14H24N2O4.C4H4O4/c1-11-5-4-6-14(9-11)10-16(13(18)20-14)12(17)19-8-7-15(2)3;5-3(6)1-2-4(7)8/h11H,4-10H2,1-3H3;1-2H,(H,5,6)(H,7,8)/b;2-1-. The summed E-state index contributed by atoms with van der Waals surface area (Å²) in [6, 6.07) is 0. The molecule has 10 nitrogen and oxygen atoms in total. The van der Waals surface area contributed by atoms with Crippen LogP contribution in [0.3, 0.4) is 0 Å². The zero-order chi connectivity index (χ0) is 21.3. The SMILES string of the molecule is CC1CCCC2(C1)CN(C(=O)OCCN(C)C)C(=O)O2.O=C(O)/C=C\C(=O)O. The lowest BCUT2D eigenvalue weighted by molar-refractivity contribution is -0.134. The molecule has 2 atom stereocenters. The third-order valence-electron chi connectivity index (χ3n) is 4.37. The van der Waals surface area contributed by atoms with E-state index in [-0.39, 0.29) is 6.61 Å². The molecule has 0 aromatic carbocycles. The first-order valence-corrected chi connectivity index (χ1v) is 9.00. The van der Waals surface area contributed by atoms with Gasteiger partial charge in [0.1, 0.15) is 12.2 Å². The average molecular weight is 400 g/mol. The maximum atomic E-state index is 11.9. The van der Waals surface area contributed by atoms with Crippen LogP contribution in [0.4, 0.5) is 9.59 Å². The molecule has 2 fully saturated rings. The number of nitrogens with zero attached hydrogens (tertiary/aromatic N) is 2. The molecule has 1 heterocycles. The number of hydrogen-bond donors (Lipinski definition) is 2. The van der Waals surface area contributed by atoms with Gasteiger partial charge in [-0.15, -0.1) is 0 Å². The molecule has 1 aliphatic carbocycles. The quantitative estimate of drug-likeness (QED) is 0.662. The fourth-order valence-electron chi connectivity index (χ4n) is 3.15. The summed E-state index contributed by atoms with van der Waals surface area (Å²) in [7, 11) is 3.80. The summed E-state index contributed by atoms with van der Waals surface area (Å²) >= 11 is 0. The predicted octanol–water partition coefficient (Wildman–Crippen LogP) is 1.80. The number of ether oxygens (including phenoxy) is 2. The Balaban J connectivity index is 0.000000416. The Hall–Kier alpha value is -2.62. The largest absolute Gasteiger partial charge is 0.478 e. The molecule has 0 aromatic heterocycles. The number of imide groups is 1. The van der Waals surface area contributed by atoms with Crippen LogP contribution in [-0.4, -0.2) is 83.5 Å². The minimum Gasteiger partial charge on any atom is -0.478 e. The van der Waals surface area contributed by atoms with Crippen molar-refractivity contribution >= 4 is 24.1 Å². The Labute approximate surface area is 163 Å². The normalized spacial score (nSPS) is 24.1. The van der Waals surface area contributed by atoms with Gasteiger partial charge in [0.25, 0.3) is 0 Å². The van der Waals surface area contributed by atoms with Gasteiger partial charge < -0.3 is 24.6 Å². The molecule has 1 saturated heterocycles. The van der Waals surface area contributed by atoms with Crippen molar-refractivity contribution in [2.45, 2.75) is 38.2 Å². The Kier molecular flexibility index (Phi) is 8.90. The van der Waals surface area contributed by atoms with Crippen molar-refractivity contribution in [2.24, 2.45) is 5.92 Å². The van der Waals surface area contributed by atoms with Gasteiger partial charge in [-0.1, -0.05) is 13.3 Å². The van der Waals surface area contributed by atoms with E-state index in [1.165, 1.54) is 0 Å². The topological polar surface area (TPSA) is 134 Å². The lowest BCUT2D eigenvalue weighted by Crippen LogP contribution is -2.40. The van der Waals surface area contributed by atoms with Crippen molar-refractivity contribution in [3.05, 3.63) is 12.2 Å². The van der Waals surface area contributed by atoms with Crippen molar-refractivity contribution < 1.29 is 38.9 Å². The third-order valence-corrected chi connectivity index (χ3v) is 4.37. The Morgan fingerprint density at radius 2 is 1.89 bits per heavy atom. The molecule has 2 amide bonds. The number of rotatable bonds is 5. The maximum Gasteiger partial charge on any atom is 0.420 e. The highest BCUT2D eigenvalue weighted by Gasteiger charge is 2.49. The molecule has 28 heavy (non-hydrogen) atoms. The van der Waals surface area contributed by atoms with E-state index < -0.39 is 29.7 Å². The monoisotopic (exact) mass is 400 g/mol. The summed E-state index contributed by atoms with van der Waals surface area (Å²) in [6.45, 7) is 3.40. The van der Waals surface area contributed by atoms with Crippen molar-refractivity contribution in [1.29, 1.82) is 0 Å². The third kappa shape index (κ3) is 7.95. The van der Waals surface area contributed by atoms with E-state index in [9.17, 15) is 19.2 Å². The molecule has 2 N–H and O–H groups in total. The van der Waals surface area contributed by atoms with Crippen LogP contribution in [0.25, 0.3) is 0 Å². The van der Waals surface area contributed by atoms with Crippen molar-refractivity contribution in [3.8, 4) is 0 Å². The van der Waals surface area contributed by atoms with E-state index >= 15 is 0 Å². The van der Waals surface area contributed by atoms with Gasteiger partial charge in [0.2, 0.25) is 0 Å². The van der Waals surface area contributed by atoms with Crippen molar-refractivity contribution in [3.63, 3.8) is 0 Å². The maximum absolute atomic E-state index is 11.9. The van der Waals surface area contributed by atoms with E-state index in [1.807, 2.05) is 19.0 Å². The lowest BCUT2D eigenvalue weighted by atomic mass is 9.79. The summed E-state index contributed by atoms with van der Waals surface area (Å²) in [4.78, 5) is 45.9. The highest BCUT2D eigenvalue weighted by molar-refractivity contribution is 5.90. The number of amides is 2. The molecular weight excluding hydrogens is 372 g/mol. The molecule has 0 radical (unpaired) electrons. The fourth-order valence-corrected chi connectivity index (χ4v) is 3.15.